The van der Waals surface area contributed by atoms with Crippen molar-refractivity contribution >= 4 is 5.91 Å². The number of nitrogens with one attached hydrogen (secondary N) is 1. The molecule has 0 saturated carbocycles. The highest BCUT2D eigenvalue weighted by atomic mass is 19.1. The fraction of sp³-hybridized carbons (Fsp3) is 0.833. The maximum Gasteiger partial charge on any atom is 0.237 e. The Morgan fingerprint density at radius 2 is 2.40 bits per heavy atom. The van der Waals surface area contributed by atoms with Crippen molar-refractivity contribution in [3.63, 3.8) is 0 Å². The van der Waals surface area contributed by atoms with Crippen LogP contribution < -0.4 is 11.1 Å². The third-order valence-corrected chi connectivity index (χ3v) is 1.70. The van der Waals surface area contributed by atoms with Gasteiger partial charge in [0.15, 0.2) is 0 Å². The second-order valence-corrected chi connectivity index (χ2v) is 2.54. The van der Waals surface area contributed by atoms with Crippen LogP contribution in [0.3, 0.4) is 0 Å². The number of rotatable bonds is 1. The molecule has 0 spiro atoms. The molecular formula is C6H11FN2O. The second-order valence-electron chi connectivity index (χ2n) is 2.54. The number of amides is 1. The largest absolute Gasteiger partial charge is 0.349 e. The van der Waals surface area contributed by atoms with E-state index in [1.54, 1.807) is 0 Å². The topological polar surface area (TPSA) is 55.1 Å². The summed E-state index contributed by atoms with van der Waals surface area (Å²) in [5.41, 5.74) is 5.36. The predicted octanol–water partition coefficient (Wildman–Crippen LogP) is -0.438. The summed E-state index contributed by atoms with van der Waals surface area (Å²) < 4.78 is 11.9. The molecule has 4 heteroatoms. The van der Waals surface area contributed by atoms with E-state index in [0.717, 1.165) is 0 Å². The Kier molecular flexibility index (Phi) is 2.21. The summed E-state index contributed by atoms with van der Waals surface area (Å²) in [6.07, 6.45) is 1.25. The molecule has 1 rings (SSSR count). The first-order chi connectivity index (χ1) is 4.74. The summed E-state index contributed by atoms with van der Waals surface area (Å²) in [4.78, 5) is 10.8. The summed E-state index contributed by atoms with van der Waals surface area (Å²) in [5, 5.41) is 2.48. The van der Waals surface area contributed by atoms with Gasteiger partial charge in [-0.15, -0.1) is 0 Å². The maximum atomic E-state index is 11.9. The van der Waals surface area contributed by atoms with Crippen LogP contribution in [-0.4, -0.2) is 24.7 Å². The molecule has 0 aromatic heterocycles. The fourth-order valence-electron chi connectivity index (χ4n) is 1.01. The Labute approximate surface area is 58.8 Å². The highest BCUT2D eigenvalue weighted by molar-refractivity contribution is 5.82. The first-order valence-corrected chi connectivity index (χ1v) is 3.36. The van der Waals surface area contributed by atoms with Crippen LogP contribution in [0.5, 0.6) is 0 Å². The van der Waals surface area contributed by atoms with Crippen LogP contribution in [0.1, 0.15) is 12.8 Å². The van der Waals surface area contributed by atoms with E-state index in [4.69, 9.17) is 5.73 Å². The fourth-order valence-corrected chi connectivity index (χ4v) is 1.01. The lowest BCUT2D eigenvalue weighted by molar-refractivity contribution is -0.124. The molecule has 2 atom stereocenters. The van der Waals surface area contributed by atoms with E-state index in [9.17, 15) is 9.18 Å². The van der Waals surface area contributed by atoms with Crippen molar-refractivity contribution in [3.8, 4) is 0 Å². The molecule has 0 aromatic rings. The Bertz CT molecular complexity index is 140. The molecule has 1 amide bonds. The van der Waals surface area contributed by atoms with Crippen LogP contribution in [-0.2, 0) is 4.79 Å². The predicted molar refractivity (Wildman–Crippen MR) is 35.1 cm³/mol. The first kappa shape index (κ1) is 7.47. The number of piperidine rings is 1. The third-order valence-electron chi connectivity index (χ3n) is 1.70. The van der Waals surface area contributed by atoms with Crippen LogP contribution in [0.2, 0.25) is 0 Å². The maximum absolute atomic E-state index is 11.9. The van der Waals surface area contributed by atoms with Crippen LogP contribution in [0, 0.1) is 0 Å². The molecule has 1 aliphatic rings. The molecule has 1 saturated heterocycles. The van der Waals surface area contributed by atoms with E-state index >= 15 is 0 Å². The standard InChI is InChI=1S/C6H11FN2O/c7-3-4-1-2-5(8)6(10)9-4/h4-5H,1-3,8H2,(H,9,10). The SMILES string of the molecule is NC1CCC(CF)NC1=O. The Morgan fingerprint density at radius 1 is 1.70 bits per heavy atom. The molecular weight excluding hydrogens is 135 g/mol. The summed E-state index contributed by atoms with van der Waals surface area (Å²) >= 11 is 0. The Hall–Kier alpha value is -0.640. The van der Waals surface area contributed by atoms with Crippen LogP contribution in [0.15, 0.2) is 0 Å². The van der Waals surface area contributed by atoms with Gasteiger partial charge < -0.3 is 11.1 Å². The summed E-state index contributed by atoms with van der Waals surface area (Å²) in [6, 6.07) is -0.727. The van der Waals surface area contributed by atoms with Crippen molar-refractivity contribution in [3.05, 3.63) is 0 Å². The van der Waals surface area contributed by atoms with Gasteiger partial charge in [0, 0.05) is 0 Å². The van der Waals surface area contributed by atoms with Crippen molar-refractivity contribution in [2.45, 2.75) is 24.9 Å². The zero-order valence-corrected chi connectivity index (χ0v) is 5.64. The van der Waals surface area contributed by atoms with Crippen LogP contribution >= 0.6 is 0 Å². The molecule has 2 unspecified atom stereocenters. The molecule has 1 heterocycles. The zero-order valence-electron chi connectivity index (χ0n) is 5.64. The van der Waals surface area contributed by atoms with Gasteiger partial charge in [-0.3, -0.25) is 4.79 Å². The minimum absolute atomic E-state index is 0.228. The molecule has 3 nitrogen and oxygen atoms in total. The molecule has 1 aliphatic heterocycles. The molecule has 0 bridgehead atoms. The molecule has 10 heavy (non-hydrogen) atoms. The summed E-state index contributed by atoms with van der Waals surface area (Å²) in [5.74, 6) is -0.228. The van der Waals surface area contributed by atoms with Gasteiger partial charge in [-0.2, -0.15) is 0 Å². The van der Waals surface area contributed by atoms with Crippen molar-refractivity contribution in [2.24, 2.45) is 5.73 Å². The minimum Gasteiger partial charge on any atom is -0.349 e. The van der Waals surface area contributed by atoms with Gasteiger partial charge in [0.05, 0.1) is 12.1 Å². The van der Waals surface area contributed by atoms with Gasteiger partial charge in [-0.05, 0) is 12.8 Å². The van der Waals surface area contributed by atoms with E-state index in [0.29, 0.717) is 12.8 Å². The van der Waals surface area contributed by atoms with Gasteiger partial charge in [0.1, 0.15) is 6.67 Å². The minimum atomic E-state index is -0.488. The van der Waals surface area contributed by atoms with Gasteiger partial charge in [-0.1, -0.05) is 0 Å². The number of carbonyl (C=O) groups excluding carboxylic acids is 1. The Balaban J connectivity index is 2.41. The molecule has 0 radical (unpaired) electrons. The lowest BCUT2D eigenvalue weighted by atomic mass is 10.0. The summed E-state index contributed by atoms with van der Waals surface area (Å²) in [6.45, 7) is -0.488. The monoisotopic (exact) mass is 146 g/mol. The third kappa shape index (κ3) is 1.44. The van der Waals surface area contributed by atoms with Gasteiger partial charge >= 0.3 is 0 Å². The van der Waals surface area contributed by atoms with E-state index in [1.807, 2.05) is 0 Å². The average Bonchev–Trinajstić information content (AvgIpc) is 1.95. The first-order valence-electron chi connectivity index (χ1n) is 3.36. The zero-order chi connectivity index (χ0) is 7.56. The number of hydrogen-bond donors (Lipinski definition) is 2. The molecule has 1 fully saturated rings. The lowest BCUT2D eigenvalue weighted by Gasteiger charge is -2.24. The normalized spacial score (nSPS) is 33.6. The second kappa shape index (κ2) is 2.96. The average molecular weight is 146 g/mol. The molecule has 0 aliphatic carbocycles. The highest BCUT2D eigenvalue weighted by Gasteiger charge is 2.24. The number of halogens is 1. The van der Waals surface area contributed by atoms with Gasteiger partial charge in [0.25, 0.3) is 0 Å². The Morgan fingerprint density at radius 3 is 2.90 bits per heavy atom. The molecule has 3 N–H and O–H groups in total. The van der Waals surface area contributed by atoms with Crippen molar-refractivity contribution < 1.29 is 9.18 Å². The quantitative estimate of drug-likeness (QED) is 0.527. The van der Waals surface area contributed by atoms with Gasteiger partial charge in [-0.25, -0.2) is 4.39 Å². The van der Waals surface area contributed by atoms with E-state index in [2.05, 4.69) is 5.32 Å². The lowest BCUT2D eigenvalue weighted by Crippen LogP contribution is -2.51. The number of carbonyl (C=O) groups is 1. The highest BCUT2D eigenvalue weighted by Crippen LogP contribution is 2.07. The van der Waals surface area contributed by atoms with Crippen LogP contribution in [0.25, 0.3) is 0 Å². The van der Waals surface area contributed by atoms with Crippen molar-refractivity contribution in [1.29, 1.82) is 0 Å². The number of nitrogens with two attached hydrogens (primary N) is 1. The van der Waals surface area contributed by atoms with Gasteiger partial charge in [0.2, 0.25) is 5.91 Å². The molecule has 0 aromatic carbocycles. The van der Waals surface area contributed by atoms with E-state index in [-0.39, 0.29) is 11.9 Å². The number of hydrogen-bond acceptors (Lipinski definition) is 2. The molecule has 58 valence electrons. The summed E-state index contributed by atoms with van der Waals surface area (Å²) in [7, 11) is 0. The van der Waals surface area contributed by atoms with Crippen molar-refractivity contribution in [1.82, 2.24) is 5.32 Å². The number of alkyl halides is 1. The van der Waals surface area contributed by atoms with E-state index < -0.39 is 12.7 Å². The smallest absolute Gasteiger partial charge is 0.237 e. The van der Waals surface area contributed by atoms with Crippen molar-refractivity contribution in [2.75, 3.05) is 6.67 Å². The van der Waals surface area contributed by atoms with E-state index in [1.165, 1.54) is 0 Å². The van der Waals surface area contributed by atoms with Crippen LogP contribution in [0.4, 0.5) is 4.39 Å².